The summed E-state index contributed by atoms with van der Waals surface area (Å²) in [6.45, 7) is -0.834. The highest BCUT2D eigenvalue weighted by atomic mass is 32.2. The molecule has 0 radical (unpaired) electrons. The second-order valence-corrected chi connectivity index (χ2v) is 9.06. The smallest absolute Gasteiger partial charge is 0.378 e. The third-order valence-electron chi connectivity index (χ3n) is 4.60. The highest BCUT2D eigenvalue weighted by Gasteiger charge is 2.58. The number of alkyl halides is 3. The molecule has 2 aromatic rings. The summed E-state index contributed by atoms with van der Waals surface area (Å²) in [6, 6.07) is 12.1. The number of benzene rings is 2. The van der Waals surface area contributed by atoms with Gasteiger partial charge < -0.3 is 14.9 Å². The fourth-order valence-corrected chi connectivity index (χ4v) is 3.57. The Morgan fingerprint density at radius 2 is 1.62 bits per heavy atom. The number of amidine groups is 1. The van der Waals surface area contributed by atoms with E-state index in [2.05, 4.69) is 4.99 Å². The molecule has 1 N–H and O–H groups in total. The lowest BCUT2D eigenvalue weighted by Crippen LogP contribution is -2.47. The van der Waals surface area contributed by atoms with Crippen molar-refractivity contribution in [2.24, 2.45) is 4.99 Å². The fourth-order valence-electron chi connectivity index (χ4n) is 2.94. The van der Waals surface area contributed by atoms with E-state index in [1.165, 1.54) is 29.2 Å². The zero-order chi connectivity index (χ0) is 21.6. The van der Waals surface area contributed by atoms with Crippen LogP contribution in [0.2, 0.25) is 0 Å². The summed E-state index contributed by atoms with van der Waals surface area (Å²) in [4.78, 5) is 6.72. The van der Waals surface area contributed by atoms with Gasteiger partial charge in [-0.1, -0.05) is 0 Å². The molecule has 1 unspecified atom stereocenters. The molecule has 156 valence electrons. The average molecular weight is 427 g/mol. The van der Waals surface area contributed by atoms with Crippen LogP contribution in [0.3, 0.4) is 0 Å². The second kappa shape index (κ2) is 7.03. The van der Waals surface area contributed by atoms with Crippen molar-refractivity contribution in [3.63, 3.8) is 0 Å². The number of rotatable bonds is 4. The van der Waals surface area contributed by atoms with E-state index < -0.39 is 28.3 Å². The van der Waals surface area contributed by atoms with Crippen molar-refractivity contribution < 1.29 is 26.7 Å². The monoisotopic (exact) mass is 427 g/mol. The third-order valence-corrected chi connectivity index (χ3v) is 5.73. The Hall–Kier alpha value is -2.59. The maximum Gasteiger partial charge on any atom is 0.440 e. The molecular formula is C19H20F3N3O3S. The van der Waals surface area contributed by atoms with Gasteiger partial charge in [0.25, 0.3) is 5.72 Å². The number of anilines is 2. The van der Waals surface area contributed by atoms with Gasteiger partial charge in [-0.05, 0) is 48.5 Å². The summed E-state index contributed by atoms with van der Waals surface area (Å²) >= 11 is 0. The standard InChI is InChI=1S/C19H20F3N3O3S/c1-24(2)14-6-4-13(5-7-14)17-23-18(26,19(20,21)22)12-25(17)15-8-10-16(11-9-15)29(3,27)28/h4-11,26H,12H2,1-3H3. The van der Waals surface area contributed by atoms with Gasteiger partial charge in [0, 0.05) is 37.3 Å². The van der Waals surface area contributed by atoms with E-state index >= 15 is 0 Å². The van der Waals surface area contributed by atoms with Crippen LogP contribution in [0.25, 0.3) is 0 Å². The highest BCUT2D eigenvalue weighted by molar-refractivity contribution is 7.90. The van der Waals surface area contributed by atoms with Crippen LogP contribution < -0.4 is 9.80 Å². The van der Waals surface area contributed by atoms with E-state index in [4.69, 9.17) is 0 Å². The zero-order valence-electron chi connectivity index (χ0n) is 16.0. The second-order valence-electron chi connectivity index (χ2n) is 7.04. The molecule has 0 aliphatic carbocycles. The van der Waals surface area contributed by atoms with Crippen LogP contribution in [-0.2, 0) is 9.84 Å². The van der Waals surface area contributed by atoms with Gasteiger partial charge in [-0.2, -0.15) is 13.2 Å². The molecule has 1 atom stereocenters. The Kier molecular flexibility index (Phi) is 5.12. The Morgan fingerprint density at radius 3 is 2.07 bits per heavy atom. The van der Waals surface area contributed by atoms with E-state index in [-0.39, 0.29) is 16.4 Å². The van der Waals surface area contributed by atoms with Crippen LogP contribution in [0.1, 0.15) is 5.56 Å². The van der Waals surface area contributed by atoms with Gasteiger partial charge in [0.2, 0.25) is 0 Å². The lowest BCUT2D eigenvalue weighted by atomic mass is 10.1. The topological polar surface area (TPSA) is 73.2 Å². The van der Waals surface area contributed by atoms with Crippen LogP contribution in [0.4, 0.5) is 24.5 Å². The maximum absolute atomic E-state index is 13.4. The van der Waals surface area contributed by atoms with Crippen LogP contribution in [-0.4, -0.2) is 58.2 Å². The molecule has 3 rings (SSSR count). The van der Waals surface area contributed by atoms with Crippen molar-refractivity contribution in [1.82, 2.24) is 0 Å². The summed E-state index contributed by atoms with van der Waals surface area (Å²) in [5.41, 5.74) is -1.74. The molecule has 6 nitrogen and oxygen atoms in total. The molecule has 1 heterocycles. The molecule has 0 aromatic heterocycles. The molecule has 2 aromatic carbocycles. The number of sulfone groups is 1. The van der Waals surface area contributed by atoms with Gasteiger partial charge in [0.05, 0.1) is 11.4 Å². The van der Waals surface area contributed by atoms with Crippen molar-refractivity contribution >= 4 is 27.0 Å². The maximum atomic E-state index is 13.4. The molecule has 0 saturated carbocycles. The van der Waals surface area contributed by atoms with Crippen LogP contribution in [0.15, 0.2) is 58.4 Å². The summed E-state index contributed by atoms with van der Waals surface area (Å²) in [5, 5.41) is 10.2. The lowest BCUT2D eigenvalue weighted by Gasteiger charge is -2.25. The average Bonchev–Trinajstić information content (AvgIpc) is 3.00. The van der Waals surface area contributed by atoms with E-state index in [0.29, 0.717) is 5.56 Å². The summed E-state index contributed by atoms with van der Waals surface area (Å²) in [5.74, 6) is -0.0535. The van der Waals surface area contributed by atoms with E-state index in [1.54, 1.807) is 24.3 Å². The van der Waals surface area contributed by atoms with Crippen LogP contribution >= 0.6 is 0 Å². The van der Waals surface area contributed by atoms with Gasteiger partial charge in [-0.15, -0.1) is 0 Å². The first-order valence-corrected chi connectivity index (χ1v) is 10.5. The summed E-state index contributed by atoms with van der Waals surface area (Å²) in [6.07, 6.45) is -3.93. The molecule has 29 heavy (non-hydrogen) atoms. The molecule has 0 amide bonds. The normalized spacial score (nSPS) is 20.0. The number of hydrogen-bond donors (Lipinski definition) is 1. The predicted molar refractivity (Wildman–Crippen MR) is 105 cm³/mol. The Bertz CT molecular complexity index is 1030. The van der Waals surface area contributed by atoms with Gasteiger partial charge in [-0.25, -0.2) is 13.4 Å². The SMILES string of the molecule is CN(C)c1ccc(C2=NC(O)(C(F)(F)F)CN2c2ccc(S(C)(=O)=O)cc2)cc1. The molecule has 1 aliphatic heterocycles. The Balaban J connectivity index is 2.06. The number of nitrogens with zero attached hydrogens (tertiary/aromatic N) is 3. The number of halogens is 3. The summed E-state index contributed by atoms with van der Waals surface area (Å²) in [7, 11) is 0.216. The predicted octanol–water partition coefficient (Wildman–Crippen LogP) is 2.67. The van der Waals surface area contributed by atoms with Crippen molar-refractivity contribution in [2.45, 2.75) is 16.8 Å². The van der Waals surface area contributed by atoms with Gasteiger partial charge in [0.15, 0.2) is 9.84 Å². The number of β-amino-alcohol motifs (C(OH)–C–C–N with tert-alkyl or cyclic N) is 1. The Morgan fingerprint density at radius 1 is 1.07 bits per heavy atom. The number of aliphatic hydroxyl groups is 1. The van der Waals surface area contributed by atoms with E-state index in [9.17, 15) is 26.7 Å². The van der Waals surface area contributed by atoms with Gasteiger partial charge in [0.1, 0.15) is 5.84 Å². The molecular weight excluding hydrogens is 407 g/mol. The number of hydrogen-bond acceptors (Lipinski definition) is 6. The fraction of sp³-hybridized carbons (Fsp3) is 0.316. The van der Waals surface area contributed by atoms with Crippen molar-refractivity contribution in [3.8, 4) is 0 Å². The minimum Gasteiger partial charge on any atom is -0.378 e. The van der Waals surface area contributed by atoms with Crippen LogP contribution in [0, 0.1) is 0 Å². The van der Waals surface area contributed by atoms with Gasteiger partial charge in [-0.3, -0.25) is 0 Å². The number of aliphatic imine (C=N–C) groups is 1. The first kappa shape index (κ1) is 21.1. The lowest BCUT2D eigenvalue weighted by molar-refractivity contribution is -0.249. The molecule has 0 fully saturated rings. The highest BCUT2D eigenvalue weighted by Crippen LogP contribution is 2.39. The van der Waals surface area contributed by atoms with Crippen molar-refractivity contribution in [3.05, 3.63) is 54.1 Å². The van der Waals surface area contributed by atoms with Crippen molar-refractivity contribution in [2.75, 3.05) is 36.7 Å². The van der Waals surface area contributed by atoms with Crippen molar-refractivity contribution in [1.29, 1.82) is 0 Å². The molecule has 0 bridgehead atoms. The first-order valence-electron chi connectivity index (χ1n) is 8.56. The summed E-state index contributed by atoms with van der Waals surface area (Å²) < 4.78 is 63.6. The molecule has 1 aliphatic rings. The molecule has 0 saturated heterocycles. The molecule has 10 heteroatoms. The third kappa shape index (κ3) is 4.08. The zero-order valence-corrected chi connectivity index (χ0v) is 16.8. The van der Waals surface area contributed by atoms with Gasteiger partial charge >= 0.3 is 6.18 Å². The first-order chi connectivity index (χ1) is 13.3. The quantitative estimate of drug-likeness (QED) is 0.812. The minimum absolute atomic E-state index is 0.0420. The Labute approximate surface area is 166 Å². The van der Waals surface area contributed by atoms with E-state index in [1.807, 2.05) is 19.0 Å². The minimum atomic E-state index is -4.97. The largest absolute Gasteiger partial charge is 0.440 e. The van der Waals surface area contributed by atoms with Crippen LogP contribution in [0.5, 0.6) is 0 Å². The molecule has 0 spiro atoms. The van der Waals surface area contributed by atoms with E-state index in [0.717, 1.165) is 11.9 Å².